The van der Waals surface area contributed by atoms with Crippen LogP contribution in [0.25, 0.3) is 0 Å². The fraction of sp³-hybridized carbons (Fsp3) is 0.684. The summed E-state index contributed by atoms with van der Waals surface area (Å²) in [4.78, 5) is 21.5. The molecule has 0 aliphatic carbocycles. The first-order valence-corrected chi connectivity index (χ1v) is 9.42. The van der Waals surface area contributed by atoms with E-state index in [0.717, 1.165) is 43.7 Å². The predicted octanol–water partition coefficient (Wildman–Crippen LogP) is 2.59. The van der Waals surface area contributed by atoms with Crippen LogP contribution in [0.5, 0.6) is 0 Å². The fourth-order valence-corrected chi connectivity index (χ4v) is 3.90. The Balaban J connectivity index is 1.41. The zero-order valence-corrected chi connectivity index (χ0v) is 14.8. The Labute approximate surface area is 145 Å². The zero-order valence-electron chi connectivity index (χ0n) is 14.8. The molecule has 0 saturated carbocycles. The lowest BCUT2D eigenvalue weighted by Gasteiger charge is -2.26. The Morgan fingerprint density at radius 3 is 2.79 bits per heavy atom. The van der Waals surface area contributed by atoms with Crippen molar-refractivity contribution in [1.82, 2.24) is 20.1 Å². The lowest BCUT2D eigenvalue weighted by Crippen LogP contribution is -2.42. The summed E-state index contributed by atoms with van der Waals surface area (Å²) in [6.07, 6.45) is 6.94. The largest absolute Gasteiger partial charge is 0.338 e. The van der Waals surface area contributed by atoms with Crippen LogP contribution in [0.4, 0.5) is 4.79 Å². The summed E-state index contributed by atoms with van der Waals surface area (Å²) < 4.78 is 0. The second kappa shape index (κ2) is 8.47. The maximum atomic E-state index is 12.4. The molecule has 2 aliphatic heterocycles. The average molecular weight is 330 g/mol. The monoisotopic (exact) mass is 330 g/mol. The SMILES string of the molecule is Cc1cccc(CCNC(=O)N2CCCC(N3CCCC3)CC2)n1. The van der Waals surface area contributed by atoms with Crippen LogP contribution in [0.15, 0.2) is 18.2 Å². The van der Waals surface area contributed by atoms with Crippen molar-refractivity contribution < 1.29 is 4.79 Å². The molecule has 5 nitrogen and oxygen atoms in total. The van der Waals surface area contributed by atoms with Gasteiger partial charge in [-0.05, 0) is 64.3 Å². The van der Waals surface area contributed by atoms with Gasteiger partial charge in [-0.1, -0.05) is 6.07 Å². The van der Waals surface area contributed by atoms with Crippen molar-refractivity contribution in [2.24, 2.45) is 0 Å². The number of hydrogen-bond donors (Lipinski definition) is 1. The number of likely N-dealkylation sites (tertiary alicyclic amines) is 2. The van der Waals surface area contributed by atoms with E-state index in [-0.39, 0.29) is 6.03 Å². The molecule has 2 aliphatic rings. The van der Waals surface area contributed by atoms with E-state index in [1.165, 1.54) is 32.4 Å². The van der Waals surface area contributed by atoms with E-state index in [2.05, 4.69) is 15.2 Å². The Morgan fingerprint density at radius 2 is 2.00 bits per heavy atom. The number of nitrogens with zero attached hydrogens (tertiary/aromatic N) is 3. The van der Waals surface area contributed by atoms with Gasteiger partial charge in [0.15, 0.2) is 0 Å². The highest BCUT2D eigenvalue weighted by Crippen LogP contribution is 2.21. The molecular formula is C19H30N4O. The Bertz CT molecular complexity index is 542. The van der Waals surface area contributed by atoms with Crippen LogP contribution in [0, 0.1) is 6.92 Å². The number of rotatable bonds is 4. The molecule has 3 rings (SSSR count). The maximum absolute atomic E-state index is 12.4. The van der Waals surface area contributed by atoms with Crippen LogP contribution in [-0.4, -0.2) is 59.6 Å². The summed E-state index contributed by atoms with van der Waals surface area (Å²) in [5.41, 5.74) is 2.07. The number of nitrogens with one attached hydrogen (secondary N) is 1. The third-order valence-electron chi connectivity index (χ3n) is 5.25. The van der Waals surface area contributed by atoms with Crippen LogP contribution in [-0.2, 0) is 6.42 Å². The zero-order chi connectivity index (χ0) is 16.8. The summed E-state index contributed by atoms with van der Waals surface area (Å²) >= 11 is 0. The molecule has 0 aromatic carbocycles. The molecule has 1 atom stereocenters. The summed E-state index contributed by atoms with van der Waals surface area (Å²) in [5.74, 6) is 0. The van der Waals surface area contributed by atoms with Gasteiger partial charge in [-0.15, -0.1) is 0 Å². The quantitative estimate of drug-likeness (QED) is 0.923. The number of carbonyl (C=O) groups is 1. The lowest BCUT2D eigenvalue weighted by molar-refractivity contribution is 0.194. The minimum Gasteiger partial charge on any atom is -0.338 e. The van der Waals surface area contributed by atoms with Crippen LogP contribution < -0.4 is 5.32 Å². The van der Waals surface area contributed by atoms with Crippen molar-refractivity contribution in [3.05, 3.63) is 29.6 Å². The van der Waals surface area contributed by atoms with Gasteiger partial charge in [0, 0.05) is 43.5 Å². The van der Waals surface area contributed by atoms with E-state index < -0.39 is 0 Å². The second-order valence-corrected chi connectivity index (χ2v) is 7.07. The molecule has 0 spiro atoms. The maximum Gasteiger partial charge on any atom is 0.317 e. The normalized spacial score (nSPS) is 22.4. The van der Waals surface area contributed by atoms with Crippen molar-refractivity contribution in [2.75, 3.05) is 32.7 Å². The molecule has 3 heterocycles. The van der Waals surface area contributed by atoms with Gasteiger partial charge in [0.2, 0.25) is 0 Å². The van der Waals surface area contributed by atoms with Crippen molar-refractivity contribution in [3.8, 4) is 0 Å². The van der Waals surface area contributed by atoms with E-state index in [4.69, 9.17) is 0 Å². The van der Waals surface area contributed by atoms with Gasteiger partial charge in [-0.25, -0.2) is 4.79 Å². The van der Waals surface area contributed by atoms with Crippen LogP contribution in [0.1, 0.15) is 43.5 Å². The van der Waals surface area contributed by atoms with E-state index in [1.807, 2.05) is 30.0 Å². The molecule has 5 heteroatoms. The molecule has 0 radical (unpaired) electrons. The molecule has 1 N–H and O–H groups in total. The minimum atomic E-state index is 0.0877. The lowest BCUT2D eigenvalue weighted by atomic mass is 10.1. The summed E-state index contributed by atoms with van der Waals surface area (Å²) in [7, 11) is 0. The highest BCUT2D eigenvalue weighted by atomic mass is 16.2. The van der Waals surface area contributed by atoms with Gasteiger partial charge in [0.25, 0.3) is 0 Å². The van der Waals surface area contributed by atoms with Gasteiger partial charge < -0.3 is 15.1 Å². The van der Waals surface area contributed by atoms with E-state index in [1.54, 1.807) is 0 Å². The van der Waals surface area contributed by atoms with Gasteiger partial charge in [-0.2, -0.15) is 0 Å². The Hall–Kier alpha value is -1.62. The predicted molar refractivity (Wildman–Crippen MR) is 96.1 cm³/mol. The molecule has 1 aromatic rings. The van der Waals surface area contributed by atoms with E-state index in [9.17, 15) is 4.79 Å². The van der Waals surface area contributed by atoms with Crippen molar-refractivity contribution in [3.63, 3.8) is 0 Å². The smallest absolute Gasteiger partial charge is 0.317 e. The standard InChI is InChI=1S/C19H30N4O/c1-16-6-4-7-17(21-16)9-11-20-19(24)23-14-5-8-18(10-15-23)22-12-2-3-13-22/h4,6-7,18H,2-3,5,8-15H2,1H3,(H,20,24). The van der Waals surface area contributed by atoms with Crippen LogP contribution in [0.2, 0.25) is 0 Å². The summed E-state index contributed by atoms with van der Waals surface area (Å²) in [6.45, 7) is 6.92. The highest BCUT2D eigenvalue weighted by molar-refractivity contribution is 5.74. The molecule has 1 unspecified atom stereocenters. The average Bonchev–Trinajstić information content (AvgIpc) is 2.99. The van der Waals surface area contributed by atoms with E-state index in [0.29, 0.717) is 12.6 Å². The van der Waals surface area contributed by atoms with E-state index >= 15 is 0 Å². The topological polar surface area (TPSA) is 48.5 Å². The number of amides is 2. The number of urea groups is 1. The third kappa shape index (κ3) is 4.69. The minimum absolute atomic E-state index is 0.0877. The van der Waals surface area contributed by atoms with Crippen LogP contribution in [0.3, 0.4) is 0 Å². The molecule has 2 saturated heterocycles. The van der Waals surface area contributed by atoms with Gasteiger partial charge in [-0.3, -0.25) is 4.98 Å². The second-order valence-electron chi connectivity index (χ2n) is 7.07. The summed E-state index contributed by atoms with van der Waals surface area (Å²) in [5, 5.41) is 3.07. The molecule has 1 aromatic heterocycles. The first-order valence-electron chi connectivity index (χ1n) is 9.42. The van der Waals surface area contributed by atoms with Gasteiger partial charge in [0.1, 0.15) is 0 Å². The van der Waals surface area contributed by atoms with Crippen molar-refractivity contribution >= 4 is 6.03 Å². The fourth-order valence-electron chi connectivity index (χ4n) is 3.90. The van der Waals surface area contributed by atoms with Gasteiger partial charge in [0.05, 0.1) is 0 Å². The first-order chi connectivity index (χ1) is 11.7. The van der Waals surface area contributed by atoms with Crippen molar-refractivity contribution in [1.29, 1.82) is 0 Å². The first kappa shape index (κ1) is 17.2. The number of carbonyl (C=O) groups excluding carboxylic acids is 1. The Kier molecular flexibility index (Phi) is 6.07. The summed E-state index contributed by atoms with van der Waals surface area (Å²) in [6, 6.07) is 6.81. The van der Waals surface area contributed by atoms with Gasteiger partial charge >= 0.3 is 6.03 Å². The highest BCUT2D eigenvalue weighted by Gasteiger charge is 2.26. The molecular weight excluding hydrogens is 300 g/mol. The molecule has 0 bridgehead atoms. The Morgan fingerprint density at radius 1 is 1.17 bits per heavy atom. The number of aromatic nitrogens is 1. The molecule has 132 valence electrons. The molecule has 2 amide bonds. The van der Waals surface area contributed by atoms with Crippen LogP contribution >= 0.6 is 0 Å². The number of hydrogen-bond acceptors (Lipinski definition) is 3. The molecule has 2 fully saturated rings. The molecule has 24 heavy (non-hydrogen) atoms. The third-order valence-corrected chi connectivity index (χ3v) is 5.25. The number of pyridine rings is 1. The number of aryl methyl sites for hydroxylation is 1. The van der Waals surface area contributed by atoms with Crippen molar-refractivity contribution in [2.45, 2.75) is 51.5 Å².